The molecule has 114 valence electrons. The minimum atomic E-state index is -0.351. The molecule has 1 aromatic carbocycles. The maximum atomic E-state index is 13.7. The van der Waals surface area contributed by atoms with E-state index in [9.17, 15) is 4.39 Å². The van der Waals surface area contributed by atoms with Crippen molar-refractivity contribution in [1.82, 2.24) is 20.1 Å². The molecule has 6 heteroatoms. The average molecular weight is 292 g/mol. The van der Waals surface area contributed by atoms with Gasteiger partial charge in [-0.25, -0.2) is 4.39 Å². The molecule has 0 bridgehead atoms. The highest BCUT2D eigenvalue weighted by Gasteiger charge is 2.12. The van der Waals surface area contributed by atoms with Crippen molar-refractivity contribution in [1.29, 1.82) is 0 Å². The molecule has 0 saturated carbocycles. The quantitative estimate of drug-likeness (QED) is 0.888. The number of halogens is 1. The summed E-state index contributed by atoms with van der Waals surface area (Å²) in [6.45, 7) is 4.61. The molecule has 0 aliphatic rings. The van der Waals surface area contributed by atoms with E-state index in [1.807, 2.05) is 31.5 Å². The van der Waals surface area contributed by atoms with E-state index in [-0.39, 0.29) is 17.6 Å². The van der Waals surface area contributed by atoms with Crippen molar-refractivity contribution in [3.8, 4) is 5.75 Å². The highest BCUT2D eigenvalue weighted by molar-refractivity contribution is 5.30. The van der Waals surface area contributed by atoms with Gasteiger partial charge in [-0.3, -0.25) is 0 Å². The molecule has 0 saturated heterocycles. The van der Waals surface area contributed by atoms with Gasteiger partial charge in [0, 0.05) is 19.5 Å². The van der Waals surface area contributed by atoms with Crippen LogP contribution in [0, 0.1) is 5.82 Å². The standard InChI is InChI=1S/C15H21FN4O/c1-5-14-18-19-15(20(14)3)9-17-10(2)11-6-7-13(21-4)12(16)8-11/h6-8,10,17H,5,9H2,1-4H3/t10-/m1/s1. The first-order valence-corrected chi connectivity index (χ1v) is 7.00. The number of hydrogen-bond donors (Lipinski definition) is 1. The molecule has 0 radical (unpaired) electrons. The first kappa shape index (κ1) is 15.4. The zero-order chi connectivity index (χ0) is 15.4. The molecule has 0 unspecified atom stereocenters. The van der Waals surface area contributed by atoms with Crippen LogP contribution in [-0.4, -0.2) is 21.9 Å². The lowest BCUT2D eigenvalue weighted by Crippen LogP contribution is -2.20. The Bertz CT molecular complexity index is 612. The lowest BCUT2D eigenvalue weighted by Gasteiger charge is -2.15. The molecule has 5 nitrogen and oxygen atoms in total. The lowest BCUT2D eigenvalue weighted by molar-refractivity contribution is 0.385. The second kappa shape index (κ2) is 6.67. The van der Waals surface area contributed by atoms with Crippen LogP contribution in [0.3, 0.4) is 0 Å². The van der Waals surface area contributed by atoms with Gasteiger partial charge in [0.05, 0.1) is 13.7 Å². The van der Waals surface area contributed by atoms with E-state index in [0.717, 1.165) is 23.6 Å². The van der Waals surface area contributed by atoms with Gasteiger partial charge in [-0.1, -0.05) is 13.0 Å². The fraction of sp³-hybridized carbons (Fsp3) is 0.467. The number of rotatable bonds is 6. The molecular formula is C15H21FN4O. The second-order valence-corrected chi connectivity index (χ2v) is 4.94. The van der Waals surface area contributed by atoms with Crippen LogP contribution in [0.1, 0.15) is 37.1 Å². The smallest absolute Gasteiger partial charge is 0.165 e. The Morgan fingerprint density at radius 1 is 1.33 bits per heavy atom. The number of ether oxygens (including phenoxy) is 1. The van der Waals surface area contributed by atoms with Crippen molar-refractivity contribution in [3.05, 3.63) is 41.2 Å². The van der Waals surface area contributed by atoms with Crippen LogP contribution in [0.15, 0.2) is 18.2 Å². The third-order valence-electron chi connectivity index (χ3n) is 3.61. The Balaban J connectivity index is 2.02. The molecule has 0 fully saturated rings. The zero-order valence-corrected chi connectivity index (χ0v) is 12.9. The summed E-state index contributed by atoms with van der Waals surface area (Å²) in [6.07, 6.45) is 0.850. The number of benzene rings is 1. The summed E-state index contributed by atoms with van der Waals surface area (Å²) in [5.41, 5.74) is 0.867. The summed E-state index contributed by atoms with van der Waals surface area (Å²) in [5.74, 6) is 1.73. The van der Waals surface area contributed by atoms with E-state index >= 15 is 0 Å². The van der Waals surface area contributed by atoms with E-state index < -0.39 is 0 Å². The number of nitrogens with zero attached hydrogens (tertiary/aromatic N) is 3. The molecule has 0 amide bonds. The monoisotopic (exact) mass is 292 g/mol. The van der Waals surface area contributed by atoms with Crippen molar-refractivity contribution in [2.24, 2.45) is 7.05 Å². The van der Waals surface area contributed by atoms with Crippen LogP contribution in [0.4, 0.5) is 4.39 Å². The molecule has 1 atom stereocenters. The second-order valence-electron chi connectivity index (χ2n) is 4.94. The molecule has 1 heterocycles. The fourth-order valence-electron chi connectivity index (χ4n) is 2.17. The van der Waals surface area contributed by atoms with Crippen LogP contribution in [0.2, 0.25) is 0 Å². The Morgan fingerprint density at radius 2 is 2.05 bits per heavy atom. The van der Waals surface area contributed by atoms with Crippen molar-refractivity contribution in [2.45, 2.75) is 32.9 Å². The number of methoxy groups -OCH3 is 1. The molecule has 1 aromatic heterocycles. The van der Waals surface area contributed by atoms with Gasteiger partial charge in [0.15, 0.2) is 11.6 Å². The fourth-order valence-corrected chi connectivity index (χ4v) is 2.17. The third-order valence-corrected chi connectivity index (χ3v) is 3.61. The summed E-state index contributed by atoms with van der Waals surface area (Å²) in [7, 11) is 3.41. The van der Waals surface area contributed by atoms with Gasteiger partial charge in [0.2, 0.25) is 0 Å². The van der Waals surface area contributed by atoms with E-state index in [1.165, 1.54) is 13.2 Å². The number of aromatic nitrogens is 3. The van der Waals surface area contributed by atoms with E-state index in [1.54, 1.807) is 6.07 Å². The number of aryl methyl sites for hydroxylation is 1. The Kier molecular flexibility index (Phi) is 4.90. The highest BCUT2D eigenvalue weighted by atomic mass is 19.1. The molecule has 0 aliphatic carbocycles. The molecular weight excluding hydrogens is 271 g/mol. The van der Waals surface area contributed by atoms with Crippen LogP contribution in [0.25, 0.3) is 0 Å². The SMILES string of the molecule is CCc1nnc(CN[C@H](C)c2ccc(OC)c(F)c2)n1C. The van der Waals surface area contributed by atoms with Gasteiger partial charge < -0.3 is 14.6 Å². The van der Waals surface area contributed by atoms with Gasteiger partial charge in [0.25, 0.3) is 0 Å². The largest absolute Gasteiger partial charge is 0.494 e. The number of nitrogens with one attached hydrogen (secondary N) is 1. The summed E-state index contributed by atoms with van der Waals surface area (Å²) in [4.78, 5) is 0. The molecule has 0 spiro atoms. The van der Waals surface area contributed by atoms with Gasteiger partial charge >= 0.3 is 0 Å². The molecule has 2 rings (SSSR count). The van der Waals surface area contributed by atoms with Crippen LogP contribution in [0.5, 0.6) is 5.75 Å². The third kappa shape index (κ3) is 3.39. The minimum Gasteiger partial charge on any atom is -0.494 e. The first-order chi connectivity index (χ1) is 10.1. The Hall–Kier alpha value is -1.95. The highest BCUT2D eigenvalue weighted by Crippen LogP contribution is 2.21. The predicted molar refractivity (Wildman–Crippen MR) is 78.6 cm³/mol. The molecule has 21 heavy (non-hydrogen) atoms. The predicted octanol–water partition coefficient (Wildman–Crippen LogP) is 2.38. The van der Waals surface area contributed by atoms with Crippen molar-refractivity contribution >= 4 is 0 Å². The molecule has 1 N–H and O–H groups in total. The molecule has 2 aromatic rings. The van der Waals surface area contributed by atoms with Crippen molar-refractivity contribution in [2.75, 3.05) is 7.11 Å². The molecule has 0 aliphatic heterocycles. The summed E-state index contributed by atoms with van der Waals surface area (Å²) < 4.78 is 20.6. The normalized spacial score (nSPS) is 12.4. The van der Waals surface area contributed by atoms with Crippen LogP contribution in [-0.2, 0) is 20.0 Å². The minimum absolute atomic E-state index is 0.00665. The maximum absolute atomic E-state index is 13.7. The summed E-state index contributed by atoms with van der Waals surface area (Å²) in [6, 6.07) is 4.99. The summed E-state index contributed by atoms with van der Waals surface area (Å²) in [5, 5.41) is 11.6. The van der Waals surface area contributed by atoms with Gasteiger partial charge in [-0.05, 0) is 24.6 Å². The summed E-state index contributed by atoms with van der Waals surface area (Å²) >= 11 is 0. The van der Waals surface area contributed by atoms with E-state index in [4.69, 9.17) is 4.74 Å². The maximum Gasteiger partial charge on any atom is 0.165 e. The Morgan fingerprint density at radius 3 is 2.62 bits per heavy atom. The van der Waals surface area contributed by atoms with Gasteiger partial charge in [-0.15, -0.1) is 10.2 Å². The van der Waals surface area contributed by atoms with Crippen molar-refractivity contribution in [3.63, 3.8) is 0 Å². The lowest BCUT2D eigenvalue weighted by atomic mass is 10.1. The van der Waals surface area contributed by atoms with Crippen LogP contribution >= 0.6 is 0 Å². The van der Waals surface area contributed by atoms with Crippen molar-refractivity contribution < 1.29 is 9.13 Å². The average Bonchev–Trinajstić information content (AvgIpc) is 2.85. The topological polar surface area (TPSA) is 52.0 Å². The number of hydrogen-bond acceptors (Lipinski definition) is 4. The van der Waals surface area contributed by atoms with E-state index in [0.29, 0.717) is 6.54 Å². The van der Waals surface area contributed by atoms with Gasteiger partial charge in [-0.2, -0.15) is 0 Å². The van der Waals surface area contributed by atoms with E-state index in [2.05, 4.69) is 15.5 Å². The van der Waals surface area contributed by atoms with Gasteiger partial charge in [0.1, 0.15) is 11.6 Å². The first-order valence-electron chi connectivity index (χ1n) is 7.00. The van der Waals surface area contributed by atoms with Crippen LogP contribution < -0.4 is 10.1 Å². The zero-order valence-electron chi connectivity index (χ0n) is 12.9. The Labute approximate surface area is 124 Å².